The number of ether oxygens (including phenoxy) is 1. The average Bonchev–Trinajstić information content (AvgIpc) is 2.52. The zero-order valence-electron chi connectivity index (χ0n) is 13.5. The molecule has 1 aromatic rings. The van der Waals surface area contributed by atoms with Crippen molar-refractivity contribution in [3.63, 3.8) is 0 Å². The van der Waals surface area contributed by atoms with Crippen LogP contribution in [0.1, 0.15) is 39.5 Å². The Morgan fingerprint density at radius 1 is 1.09 bits per heavy atom. The quantitative estimate of drug-likeness (QED) is 0.559. The molecule has 0 aliphatic heterocycles. The van der Waals surface area contributed by atoms with Crippen LogP contribution >= 0.6 is 0 Å². The van der Waals surface area contributed by atoms with Gasteiger partial charge in [0.1, 0.15) is 0 Å². The van der Waals surface area contributed by atoms with Gasteiger partial charge in [-0.25, -0.2) is 4.79 Å². The number of amides is 2. The molecule has 5 heteroatoms. The fraction of sp³-hybridized carbons (Fsp3) is 0.529. The summed E-state index contributed by atoms with van der Waals surface area (Å²) in [4.78, 5) is 25.5. The van der Waals surface area contributed by atoms with E-state index in [-0.39, 0.29) is 18.4 Å². The second-order valence-electron chi connectivity index (χ2n) is 5.05. The average molecular weight is 306 g/mol. The Bertz CT molecular complexity index is 448. The van der Waals surface area contributed by atoms with Crippen molar-refractivity contribution in [1.29, 1.82) is 0 Å². The molecule has 0 saturated carbocycles. The zero-order chi connectivity index (χ0) is 16.2. The molecule has 1 N–H and O–H groups in total. The number of para-hydroxylation sites is 1. The van der Waals surface area contributed by atoms with Gasteiger partial charge in [-0.15, -0.1) is 0 Å². The van der Waals surface area contributed by atoms with Crippen LogP contribution in [-0.2, 0) is 9.53 Å². The van der Waals surface area contributed by atoms with Crippen LogP contribution in [0.2, 0.25) is 0 Å². The number of hydrogen-bond donors (Lipinski definition) is 1. The lowest BCUT2D eigenvalue weighted by atomic mass is 10.2. The van der Waals surface area contributed by atoms with Gasteiger partial charge in [-0.2, -0.15) is 0 Å². The monoisotopic (exact) mass is 306 g/mol. The molecule has 0 radical (unpaired) electrons. The first kappa shape index (κ1) is 18.0. The summed E-state index contributed by atoms with van der Waals surface area (Å²) in [6, 6.07) is 9.15. The van der Waals surface area contributed by atoms with E-state index >= 15 is 0 Å². The second-order valence-corrected chi connectivity index (χ2v) is 5.05. The fourth-order valence-electron chi connectivity index (χ4n) is 2.05. The molecule has 1 aromatic carbocycles. The second kappa shape index (κ2) is 10.7. The maximum absolute atomic E-state index is 12.3. The predicted octanol–water partition coefficient (Wildman–Crippen LogP) is 3.66. The molecule has 0 atom stereocenters. The van der Waals surface area contributed by atoms with Crippen LogP contribution < -0.4 is 5.32 Å². The van der Waals surface area contributed by atoms with Crippen LogP contribution in [-0.4, -0.2) is 36.6 Å². The topological polar surface area (TPSA) is 58.6 Å². The van der Waals surface area contributed by atoms with E-state index < -0.39 is 0 Å². The van der Waals surface area contributed by atoms with Crippen molar-refractivity contribution in [2.75, 3.05) is 25.0 Å². The van der Waals surface area contributed by atoms with Crippen molar-refractivity contribution in [1.82, 2.24) is 4.90 Å². The zero-order valence-corrected chi connectivity index (χ0v) is 13.5. The van der Waals surface area contributed by atoms with E-state index in [1.807, 2.05) is 30.3 Å². The number of urea groups is 1. The van der Waals surface area contributed by atoms with Crippen LogP contribution in [0.4, 0.5) is 10.5 Å². The summed E-state index contributed by atoms with van der Waals surface area (Å²) < 4.78 is 4.92. The van der Waals surface area contributed by atoms with Crippen LogP contribution in [0.15, 0.2) is 30.3 Å². The lowest BCUT2D eigenvalue weighted by Gasteiger charge is -2.22. The number of hydrogen-bond acceptors (Lipinski definition) is 3. The SMILES string of the molecule is CCCCCN(CCC(=O)OCC)C(=O)Nc1ccccc1. The maximum Gasteiger partial charge on any atom is 0.321 e. The van der Waals surface area contributed by atoms with E-state index in [1.165, 1.54) is 0 Å². The number of carbonyl (C=O) groups is 2. The van der Waals surface area contributed by atoms with Crippen LogP contribution in [0.25, 0.3) is 0 Å². The first-order valence-electron chi connectivity index (χ1n) is 7.94. The number of benzene rings is 1. The maximum atomic E-state index is 12.3. The van der Waals surface area contributed by atoms with Crippen LogP contribution in [0.5, 0.6) is 0 Å². The van der Waals surface area contributed by atoms with Crippen molar-refractivity contribution in [3.8, 4) is 0 Å². The summed E-state index contributed by atoms with van der Waals surface area (Å²) >= 11 is 0. The van der Waals surface area contributed by atoms with Gasteiger partial charge in [-0.3, -0.25) is 4.79 Å². The number of nitrogens with zero attached hydrogens (tertiary/aromatic N) is 1. The fourth-order valence-corrected chi connectivity index (χ4v) is 2.05. The molecule has 5 nitrogen and oxygen atoms in total. The van der Waals surface area contributed by atoms with E-state index in [1.54, 1.807) is 11.8 Å². The number of rotatable bonds is 9. The van der Waals surface area contributed by atoms with Gasteiger partial charge in [0.25, 0.3) is 0 Å². The summed E-state index contributed by atoms with van der Waals surface area (Å²) in [5.41, 5.74) is 0.754. The number of nitrogens with one attached hydrogen (secondary N) is 1. The molecule has 0 aliphatic carbocycles. The van der Waals surface area contributed by atoms with Crippen molar-refractivity contribution in [3.05, 3.63) is 30.3 Å². The van der Waals surface area contributed by atoms with E-state index in [0.717, 1.165) is 24.9 Å². The lowest BCUT2D eigenvalue weighted by molar-refractivity contribution is -0.143. The molecule has 0 bridgehead atoms. The highest BCUT2D eigenvalue weighted by Gasteiger charge is 2.15. The lowest BCUT2D eigenvalue weighted by Crippen LogP contribution is -2.37. The molecule has 0 aliphatic rings. The summed E-state index contributed by atoms with van der Waals surface area (Å²) in [5, 5.41) is 2.86. The standard InChI is InChI=1S/C17H26N2O3/c1-3-5-9-13-19(14-12-16(20)22-4-2)17(21)18-15-10-7-6-8-11-15/h6-8,10-11H,3-5,9,12-14H2,1-2H3,(H,18,21). The van der Waals surface area contributed by atoms with Crippen LogP contribution in [0.3, 0.4) is 0 Å². The Morgan fingerprint density at radius 2 is 1.82 bits per heavy atom. The summed E-state index contributed by atoms with van der Waals surface area (Å²) in [6.07, 6.45) is 3.31. The van der Waals surface area contributed by atoms with Gasteiger partial charge in [0.2, 0.25) is 0 Å². The minimum absolute atomic E-state index is 0.174. The molecule has 0 fully saturated rings. The number of carbonyl (C=O) groups excluding carboxylic acids is 2. The van der Waals surface area contributed by atoms with Gasteiger partial charge in [0, 0.05) is 18.8 Å². The Balaban J connectivity index is 2.55. The Kier molecular flexibility index (Phi) is 8.72. The van der Waals surface area contributed by atoms with Crippen molar-refractivity contribution in [2.24, 2.45) is 0 Å². The van der Waals surface area contributed by atoms with Crippen LogP contribution in [0, 0.1) is 0 Å². The van der Waals surface area contributed by atoms with Crippen molar-refractivity contribution < 1.29 is 14.3 Å². The normalized spacial score (nSPS) is 10.1. The number of anilines is 1. The van der Waals surface area contributed by atoms with Gasteiger partial charge >= 0.3 is 12.0 Å². The van der Waals surface area contributed by atoms with Gasteiger partial charge in [0.15, 0.2) is 0 Å². The summed E-state index contributed by atoms with van der Waals surface area (Å²) in [7, 11) is 0. The molecule has 22 heavy (non-hydrogen) atoms. The molecule has 0 heterocycles. The Hall–Kier alpha value is -2.04. The smallest absolute Gasteiger partial charge is 0.321 e. The molecule has 0 saturated heterocycles. The third-order valence-electron chi connectivity index (χ3n) is 3.24. The molecule has 0 aromatic heterocycles. The highest BCUT2D eigenvalue weighted by molar-refractivity contribution is 5.89. The first-order valence-corrected chi connectivity index (χ1v) is 7.94. The third-order valence-corrected chi connectivity index (χ3v) is 3.24. The van der Waals surface area contributed by atoms with Gasteiger partial charge in [-0.1, -0.05) is 38.0 Å². The molecule has 1 rings (SSSR count). The van der Waals surface area contributed by atoms with Crippen molar-refractivity contribution >= 4 is 17.7 Å². The molecular formula is C17H26N2O3. The van der Waals surface area contributed by atoms with Gasteiger partial charge in [0.05, 0.1) is 13.0 Å². The van der Waals surface area contributed by atoms with Crippen molar-refractivity contribution in [2.45, 2.75) is 39.5 Å². The molecule has 0 spiro atoms. The summed E-state index contributed by atoms with van der Waals surface area (Å²) in [6.45, 7) is 5.28. The third kappa shape index (κ3) is 7.11. The highest BCUT2D eigenvalue weighted by Crippen LogP contribution is 2.08. The molecule has 122 valence electrons. The largest absolute Gasteiger partial charge is 0.466 e. The van der Waals surface area contributed by atoms with E-state index in [0.29, 0.717) is 19.7 Å². The van der Waals surface area contributed by atoms with E-state index in [2.05, 4.69) is 12.2 Å². The van der Waals surface area contributed by atoms with Gasteiger partial charge < -0.3 is 15.0 Å². The minimum Gasteiger partial charge on any atom is -0.466 e. The predicted molar refractivity (Wildman–Crippen MR) is 87.8 cm³/mol. The molecule has 0 unspecified atom stereocenters. The first-order chi connectivity index (χ1) is 10.7. The minimum atomic E-state index is -0.268. The summed E-state index contributed by atoms with van der Waals surface area (Å²) in [5.74, 6) is -0.268. The van der Waals surface area contributed by atoms with Gasteiger partial charge in [-0.05, 0) is 25.5 Å². The Labute approximate surface area is 132 Å². The van der Waals surface area contributed by atoms with E-state index in [9.17, 15) is 9.59 Å². The molecular weight excluding hydrogens is 280 g/mol. The molecule has 2 amide bonds. The number of unbranched alkanes of at least 4 members (excludes halogenated alkanes) is 2. The number of esters is 1. The Morgan fingerprint density at radius 3 is 2.45 bits per heavy atom. The van der Waals surface area contributed by atoms with E-state index in [4.69, 9.17) is 4.74 Å². The highest BCUT2D eigenvalue weighted by atomic mass is 16.5.